The van der Waals surface area contributed by atoms with E-state index < -0.39 is 0 Å². The average molecular weight is 211 g/mol. The number of carbonyl (C=O) groups excluding carboxylic acids is 2. The molecule has 1 aliphatic rings. The van der Waals surface area contributed by atoms with E-state index in [0.717, 1.165) is 19.3 Å². The molecule has 1 unspecified atom stereocenters. The van der Waals surface area contributed by atoms with Crippen LogP contribution in [0.1, 0.15) is 40.5 Å². The molecule has 0 spiro atoms. The van der Waals surface area contributed by atoms with Gasteiger partial charge in [0.1, 0.15) is 0 Å². The predicted molar refractivity (Wildman–Crippen MR) is 59.4 cm³/mol. The molecule has 3 heteroatoms. The lowest BCUT2D eigenvalue weighted by molar-refractivity contribution is -0.137. The first-order valence-corrected chi connectivity index (χ1v) is 5.62. The van der Waals surface area contributed by atoms with Gasteiger partial charge in [-0.25, -0.2) is 0 Å². The van der Waals surface area contributed by atoms with Crippen LogP contribution in [0.5, 0.6) is 0 Å². The Kier molecular flexibility index (Phi) is 3.53. The zero-order valence-electron chi connectivity index (χ0n) is 10.1. The minimum absolute atomic E-state index is 0.00588. The molecule has 0 aliphatic carbocycles. The second-order valence-electron chi connectivity index (χ2n) is 5.53. The third kappa shape index (κ3) is 2.80. The fourth-order valence-electron chi connectivity index (χ4n) is 2.11. The summed E-state index contributed by atoms with van der Waals surface area (Å²) in [4.78, 5) is 24.5. The molecule has 1 atom stereocenters. The van der Waals surface area contributed by atoms with Crippen LogP contribution >= 0.6 is 0 Å². The number of nitrogens with zero attached hydrogens (tertiary/aromatic N) is 1. The Morgan fingerprint density at radius 1 is 1.47 bits per heavy atom. The summed E-state index contributed by atoms with van der Waals surface area (Å²) in [6.45, 7) is 8.82. The van der Waals surface area contributed by atoms with Crippen molar-refractivity contribution in [2.24, 2.45) is 11.3 Å². The molecule has 0 bridgehead atoms. The zero-order chi connectivity index (χ0) is 11.6. The fraction of sp³-hybridized carbons (Fsp3) is 0.833. The molecule has 0 aromatic carbocycles. The summed E-state index contributed by atoms with van der Waals surface area (Å²) in [5.41, 5.74) is 0.175. The van der Waals surface area contributed by atoms with Gasteiger partial charge in [0.25, 0.3) is 0 Å². The Labute approximate surface area is 91.8 Å². The molecule has 0 saturated carbocycles. The average Bonchev–Trinajstić information content (AvgIpc) is 2.15. The molecule has 0 radical (unpaired) electrons. The van der Waals surface area contributed by atoms with E-state index in [9.17, 15) is 9.59 Å². The summed E-state index contributed by atoms with van der Waals surface area (Å²) in [7, 11) is 0. The highest BCUT2D eigenvalue weighted by atomic mass is 16.1. The standard InChI is InChI=1S/C12H21NO2/c1-9(2)11(15)10-7-12(3,4)5-6-13(10)8-14/h8-10H,5-7H2,1-4H3. The Morgan fingerprint density at radius 3 is 2.53 bits per heavy atom. The van der Waals surface area contributed by atoms with Gasteiger partial charge in [-0.05, 0) is 18.3 Å². The van der Waals surface area contributed by atoms with E-state index in [-0.39, 0.29) is 23.2 Å². The van der Waals surface area contributed by atoms with Gasteiger partial charge in [0.15, 0.2) is 5.78 Å². The van der Waals surface area contributed by atoms with Gasteiger partial charge in [0.2, 0.25) is 6.41 Å². The molecule has 1 heterocycles. The van der Waals surface area contributed by atoms with Crippen LogP contribution < -0.4 is 0 Å². The van der Waals surface area contributed by atoms with Crippen LogP contribution in [0.25, 0.3) is 0 Å². The summed E-state index contributed by atoms with van der Waals surface area (Å²) in [5.74, 6) is 0.196. The second-order valence-corrected chi connectivity index (χ2v) is 5.53. The third-order valence-electron chi connectivity index (χ3n) is 3.23. The first-order valence-electron chi connectivity index (χ1n) is 5.62. The maximum absolute atomic E-state index is 12.0. The monoisotopic (exact) mass is 211 g/mol. The number of piperidine rings is 1. The van der Waals surface area contributed by atoms with Crippen molar-refractivity contribution in [3.05, 3.63) is 0 Å². The van der Waals surface area contributed by atoms with Gasteiger partial charge in [-0.15, -0.1) is 0 Å². The topological polar surface area (TPSA) is 37.4 Å². The van der Waals surface area contributed by atoms with Crippen molar-refractivity contribution < 1.29 is 9.59 Å². The number of Topliss-reactive ketones (excluding diaryl/α,β-unsaturated/α-hetero) is 1. The molecule has 1 rings (SSSR count). The van der Waals surface area contributed by atoms with Crippen molar-refractivity contribution in [3.63, 3.8) is 0 Å². The van der Waals surface area contributed by atoms with Crippen molar-refractivity contribution in [1.29, 1.82) is 0 Å². The Hall–Kier alpha value is -0.860. The normalized spacial score (nSPS) is 25.4. The lowest BCUT2D eigenvalue weighted by atomic mass is 9.76. The predicted octanol–water partition coefficient (Wildman–Crippen LogP) is 1.86. The van der Waals surface area contributed by atoms with Crippen LogP contribution in [0.3, 0.4) is 0 Å². The van der Waals surface area contributed by atoms with E-state index in [1.54, 1.807) is 4.90 Å². The quantitative estimate of drug-likeness (QED) is 0.668. The van der Waals surface area contributed by atoms with E-state index >= 15 is 0 Å². The minimum Gasteiger partial charge on any atom is -0.335 e. The zero-order valence-corrected chi connectivity index (χ0v) is 10.1. The molecule has 86 valence electrons. The number of rotatable bonds is 3. The Morgan fingerprint density at radius 2 is 2.07 bits per heavy atom. The molecular weight excluding hydrogens is 190 g/mol. The van der Waals surface area contributed by atoms with Gasteiger partial charge in [-0.1, -0.05) is 27.7 Å². The molecule has 1 amide bonds. The molecule has 1 saturated heterocycles. The minimum atomic E-state index is -0.203. The van der Waals surface area contributed by atoms with Gasteiger partial charge in [0, 0.05) is 12.5 Å². The molecule has 0 aromatic rings. The van der Waals surface area contributed by atoms with Gasteiger partial charge >= 0.3 is 0 Å². The van der Waals surface area contributed by atoms with Crippen LogP contribution in [0.4, 0.5) is 0 Å². The highest BCUT2D eigenvalue weighted by Crippen LogP contribution is 2.34. The highest BCUT2D eigenvalue weighted by molar-refractivity contribution is 5.87. The van der Waals surface area contributed by atoms with Crippen LogP contribution in [-0.2, 0) is 9.59 Å². The van der Waals surface area contributed by atoms with Crippen molar-refractivity contribution in [1.82, 2.24) is 4.90 Å². The molecular formula is C12H21NO2. The van der Waals surface area contributed by atoms with Gasteiger partial charge in [-0.3, -0.25) is 9.59 Å². The maximum Gasteiger partial charge on any atom is 0.210 e. The molecule has 1 fully saturated rings. The molecule has 1 aliphatic heterocycles. The van der Waals surface area contributed by atoms with Gasteiger partial charge < -0.3 is 4.90 Å². The summed E-state index contributed by atoms with van der Waals surface area (Å²) < 4.78 is 0. The maximum atomic E-state index is 12.0. The summed E-state index contributed by atoms with van der Waals surface area (Å²) in [6, 6.07) is -0.203. The smallest absolute Gasteiger partial charge is 0.210 e. The number of hydrogen-bond acceptors (Lipinski definition) is 2. The van der Waals surface area contributed by atoms with Crippen LogP contribution in [0, 0.1) is 11.3 Å². The Bertz CT molecular complexity index is 258. The van der Waals surface area contributed by atoms with Crippen molar-refractivity contribution >= 4 is 12.2 Å². The van der Waals surface area contributed by atoms with E-state index in [0.29, 0.717) is 6.54 Å². The highest BCUT2D eigenvalue weighted by Gasteiger charge is 2.37. The van der Waals surface area contributed by atoms with Crippen molar-refractivity contribution in [3.8, 4) is 0 Å². The van der Waals surface area contributed by atoms with E-state index in [2.05, 4.69) is 13.8 Å². The summed E-state index contributed by atoms with van der Waals surface area (Å²) in [6.07, 6.45) is 2.59. The number of amides is 1. The molecule has 15 heavy (non-hydrogen) atoms. The molecule has 0 aromatic heterocycles. The second kappa shape index (κ2) is 4.33. The number of likely N-dealkylation sites (tertiary alicyclic amines) is 1. The lowest BCUT2D eigenvalue weighted by Gasteiger charge is -2.41. The van der Waals surface area contributed by atoms with Crippen molar-refractivity contribution in [2.75, 3.05) is 6.54 Å². The van der Waals surface area contributed by atoms with E-state index in [1.165, 1.54) is 0 Å². The van der Waals surface area contributed by atoms with Gasteiger partial charge in [-0.2, -0.15) is 0 Å². The van der Waals surface area contributed by atoms with Crippen molar-refractivity contribution in [2.45, 2.75) is 46.6 Å². The summed E-state index contributed by atoms with van der Waals surface area (Å²) in [5, 5.41) is 0. The first kappa shape index (κ1) is 12.2. The SMILES string of the molecule is CC(C)C(=O)C1CC(C)(C)CCN1C=O. The third-order valence-corrected chi connectivity index (χ3v) is 3.23. The first-order chi connectivity index (χ1) is 6.87. The van der Waals surface area contributed by atoms with Crippen LogP contribution in [0.15, 0.2) is 0 Å². The number of ketones is 1. The van der Waals surface area contributed by atoms with E-state index in [1.807, 2.05) is 13.8 Å². The summed E-state index contributed by atoms with van der Waals surface area (Å²) >= 11 is 0. The lowest BCUT2D eigenvalue weighted by Crippen LogP contribution is -2.49. The molecule has 0 N–H and O–H groups in total. The molecule has 3 nitrogen and oxygen atoms in total. The fourth-order valence-corrected chi connectivity index (χ4v) is 2.11. The number of carbonyl (C=O) groups is 2. The van der Waals surface area contributed by atoms with Crippen LogP contribution in [0.2, 0.25) is 0 Å². The van der Waals surface area contributed by atoms with Gasteiger partial charge in [0.05, 0.1) is 6.04 Å². The van der Waals surface area contributed by atoms with Crippen LogP contribution in [-0.4, -0.2) is 29.7 Å². The Balaban J connectivity index is 2.80. The largest absolute Gasteiger partial charge is 0.335 e. The number of hydrogen-bond donors (Lipinski definition) is 0. The van der Waals surface area contributed by atoms with E-state index in [4.69, 9.17) is 0 Å².